The van der Waals surface area contributed by atoms with Crippen molar-refractivity contribution in [3.05, 3.63) is 133 Å². The second-order valence-corrected chi connectivity index (χ2v) is 13.7. The van der Waals surface area contributed by atoms with E-state index >= 15 is 0 Å². The smallest absolute Gasteiger partial charge is 0.136 e. The van der Waals surface area contributed by atoms with Crippen LogP contribution in [0.15, 0.2) is 136 Å². The van der Waals surface area contributed by atoms with Crippen molar-refractivity contribution >= 4 is 76.2 Å². The van der Waals surface area contributed by atoms with Gasteiger partial charge in [-0.15, -0.1) is 0 Å². The summed E-state index contributed by atoms with van der Waals surface area (Å²) < 4.78 is 12.6. The average Bonchev–Trinajstić information content (AvgIpc) is 3.64. The van der Waals surface area contributed by atoms with Gasteiger partial charge in [-0.25, -0.2) is 0 Å². The number of furan rings is 2. The Labute approximate surface area is 265 Å². The highest BCUT2D eigenvalue weighted by Crippen LogP contribution is 2.46. The molecule has 218 valence electrons. The number of rotatable bonds is 2. The Morgan fingerprint density at radius 2 is 0.913 bits per heavy atom. The monoisotopic (exact) mass is 590 g/mol. The summed E-state index contributed by atoms with van der Waals surface area (Å²) in [5.41, 5.74) is 9.82. The molecule has 0 saturated heterocycles. The Morgan fingerprint density at radius 3 is 1.59 bits per heavy atom. The maximum absolute atomic E-state index is 6.37. The minimum Gasteiger partial charge on any atom is -0.456 e. The SMILES string of the molecule is CC(C)(C)c1cc2ccc3c(-c4ccc5c(c4)oc4ccccc45)cc(-c4ccc5oc6ccccc6c5c4)c4ccc(c1)c2c34. The molecule has 2 aromatic heterocycles. The molecule has 0 aliphatic heterocycles. The molecule has 10 aromatic rings. The van der Waals surface area contributed by atoms with Crippen molar-refractivity contribution < 1.29 is 8.83 Å². The molecule has 8 aromatic carbocycles. The summed E-state index contributed by atoms with van der Waals surface area (Å²) >= 11 is 0. The summed E-state index contributed by atoms with van der Waals surface area (Å²) in [6.45, 7) is 6.88. The second-order valence-electron chi connectivity index (χ2n) is 13.7. The number of para-hydroxylation sites is 2. The zero-order valence-corrected chi connectivity index (χ0v) is 25.9. The standard InChI is InChI=1S/C44H30O2/c1-44(2,3)29-20-27-13-17-33-35(25-15-19-40-37(22-25)31-9-5-7-11-39(31)45-40)24-36(34-18-14-28(21-29)42(27)43(33)34)26-12-16-32-30-8-4-6-10-38(30)46-41(32)23-26/h4-24H,1-3H3. The van der Waals surface area contributed by atoms with Gasteiger partial charge in [0.05, 0.1) is 0 Å². The number of hydrogen-bond acceptors (Lipinski definition) is 2. The fourth-order valence-corrected chi connectivity index (χ4v) is 7.61. The summed E-state index contributed by atoms with van der Waals surface area (Å²) in [4.78, 5) is 0. The van der Waals surface area contributed by atoms with Crippen LogP contribution in [0.3, 0.4) is 0 Å². The lowest BCUT2D eigenvalue weighted by Crippen LogP contribution is -2.10. The van der Waals surface area contributed by atoms with Crippen LogP contribution in [0.5, 0.6) is 0 Å². The van der Waals surface area contributed by atoms with E-state index in [1.54, 1.807) is 0 Å². The molecule has 0 aliphatic rings. The first kappa shape index (κ1) is 25.7. The quantitative estimate of drug-likeness (QED) is 0.187. The van der Waals surface area contributed by atoms with Crippen molar-refractivity contribution in [2.24, 2.45) is 0 Å². The van der Waals surface area contributed by atoms with Gasteiger partial charge < -0.3 is 8.83 Å². The van der Waals surface area contributed by atoms with Crippen LogP contribution in [0.25, 0.3) is 98.4 Å². The van der Waals surface area contributed by atoms with Crippen LogP contribution < -0.4 is 0 Å². The third-order valence-corrected chi connectivity index (χ3v) is 9.96. The van der Waals surface area contributed by atoms with Gasteiger partial charge in [0.2, 0.25) is 0 Å². The lowest BCUT2D eigenvalue weighted by molar-refractivity contribution is 0.591. The molecule has 0 radical (unpaired) electrons. The molecule has 0 spiro atoms. The van der Waals surface area contributed by atoms with Gasteiger partial charge in [0.25, 0.3) is 0 Å². The first-order valence-electron chi connectivity index (χ1n) is 16.0. The summed E-state index contributed by atoms with van der Waals surface area (Å²) in [7, 11) is 0. The van der Waals surface area contributed by atoms with Crippen LogP contribution in [0, 0.1) is 0 Å². The van der Waals surface area contributed by atoms with E-state index in [4.69, 9.17) is 8.83 Å². The molecule has 10 rings (SSSR count). The summed E-state index contributed by atoms with van der Waals surface area (Å²) in [5.74, 6) is 0. The molecule has 0 unspecified atom stereocenters. The third kappa shape index (κ3) is 3.59. The topological polar surface area (TPSA) is 26.3 Å². The van der Waals surface area contributed by atoms with E-state index in [9.17, 15) is 0 Å². The first-order chi connectivity index (χ1) is 22.4. The van der Waals surface area contributed by atoms with Gasteiger partial charge >= 0.3 is 0 Å². The van der Waals surface area contributed by atoms with Gasteiger partial charge in [0.15, 0.2) is 0 Å². The summed E-state index contributed by atoms with van der Waals surface area (Å²) in [6, 6.07) is 46.4. The van der Waals surface area contributed by atoms with Crippen molar-refractivity contribution in [2.45, 2.75) is 26.2 Å². The Bertz CT molecular complexity index is 2820. The van der Waals surface area contributed by atoms with E-state index in [-0.39, 0.29) is 5.41 Å². The van der Waals surface area contributed by atoms with Gasteiger partial charge in [0.1, 0.15) is 22.3 Å². The van der Waals surface area contributed by atoms with Crippen LogP contribution in [0.2, 0.25) is 0 Å². The molecule has 2 nitrogen and oxygen atoms in total. The maximum Gasteiger partial charge on any atom is 0.136 e. The third-order valence-electron chi connectivity index (χ3n) is 9.96. The molecule has 0 atom stereocenters. The fourth-order valence-electron chi connectivity index (χ4n) is 7.61. The zero-order valence-electron chi connectivity index (χ0n) is 25.9. The molecule has 0 amide bonds. The Kier molecular flexibility index (Phi) is 5.02. The predicted octanol–water partition coefficient (Wildman–Crippen LogP) is 13.0. The van der Waals surface area contributed by atoms with E-state index in [2.05, 4.69) is 124 Å². The molecule has 0 N–H and O–H groups in total. The molecule has 46 heavy (non-hydrogen) atoms. The molecular weight excluding hydrogens is 560 g/mol. The van der Waals surface area contributed by atoms with Gasteiger partial charge in [-0.3, -0.25) is 0 Å². The highest BCUT2D eigenvalue weighted by Gasteiger charge is 2.21. The number of benzene rings is 8. The maximum atomic E-state index is 6.37. The van der Waals surface area contributed by atoms with E-state index in [0.717, 1.165) is 49.4 Å². The van der Waals surface area contributed by atoms with Gasteiger partial charge in [-0.1, -0.05) is 106 Å². The molecule has 2 heteroatoms. The minimum atomic E-state index is 0.0611. The average molecular weight is 591 g/mol. The predicted molar refractivity (Wildman–Crippen MR) is 194 cm³/mol. The molecule has 0 saturated carbocycles. The molecular formula is C44H30O2. The van der Waals surface area contributed by atoms with Gasteiger partial charge in [-0.2, -0.15) is 0 Å². The van der Waals surface area contributed by atoms with Gasteiger partial charge in [-0.05, 0) is 108 Å². The summed E-state index contributed by atoms with van der Waals surface area (Å²) in [6.07, 6.45) is 0. The van der Waals surface area contributed by atoms with Gasteiger partial charge in [0, 0.05) is 21.5 Å². The normalized spacial score (nSPS) is 12.7. The minimum absolute atomic E-state index is 0.0611. The van der Waals surface area contributed by atoms with Crippen LogP contribution in [-0.2, 0) is 5.41 Å². The van der Waals surface area contributed by atoms with E-state index < -0.39 is 0 Å². The van der Waals surface area contributed by atoms with Crippen LogP contribution in [0.1, 0.15) is 26.3 Å². The van der Waals surface area contributed by atoms with E-state index in [1.165, 1.54) is 54.6 Å². The van der Waals surface area contributed by atoms with E-state index in [1.807, 2.05) is 24.3 Å². The van der Waals surface area contributed by atoms with Crippen molar-refractivity contribution in [2.75, 3.05) is 0 Å². The highest BCUT2D eigenvalue weighted by molar-refractivity contribution is 6.28. The van der Waals surface area contributed by atoms with Crippen LogP contribution >= 0.6 is 0 Å². The lowest BCUT2D eigenvalue weighted by Gasteiger charge is -2.23. The second kappa shape index (κ2) is 8.99. The fraction of sp³-hybridized carbons (Fsp3) is 0.0909. The zero-order chi connectivity index (χ0) is 30.7. The molecule has 0 fully saturated rings. The lowest BCUT2D eigenvalue weighted by atomic mass is 9.81. The highest BCUT2D eigenvalue weighted by atomic mass is 16.3. The van der Waals surface area contributed by atoms with Crippen LogP contribution in [-0.4, -0.2) is 0 Å². The summed E-state index contributed by atoms with van der Waals surface area (Å²) in [5, 5.41) is 12.3. The largest absolute Gasteiger partial charge is 0.456 e. The van der Waals surface area contributed by atoms with E-state index in [0.29, 0.717) is 0 Å². The van der Waals surface area contributed by atoms with Crippen molar-refractivity contribution in [3.63, 3.8) is 0 Å². The van der Waals surface area contributed by atoms with Crippen LogP contribution in [0.4, 0.5) is 0 Å². The molecule has 0 aliphatic carbocycles. The Hall–Kier alpha value is -5.60. The molecule has 2 heterocycles. The van der Waals surface area contributed by atoms with Crippen molar-refractivity contribution in [1.29, 1.82) is 0 Å². The van der Waals surface area contributed by atoms with Crippen molar-refractivity contribution in [1.82, 2.24) is 0 Å². The Morgan fingerprint density at radius 1 is 0.391 bits per heavy atom. The number of fused-ring (bicyclic) bond motifs is 6. The number of hydrogen-bond donors (Lipinski definition) is 0. The Balaban J connectivity index is 1.31. The van der Waals surface area contributed by atoms with Crippen molar-refractivity contribution in [3.8, 4) is 22.3 Å². The first-order valence-corrected chi connectivity index (χ1v) is 16.0. The molecule has 0 bridgehead atoms.